The fraction of sp³-hybridized carbons (Fsp3) is 0.222. The number of hydroxylamine groups is 4. The van der Waals surface area contributed by atoms with E-state index in [4.69, 9.17) is 40.6 Å². The molecule has 4 amide bonds. The maximum atomic E-state index is 13.1. The van der Waals surface area contributed by atoms with Gasteiger partial charge in [0.05, 0.1) is 0 Å². The number of carbonyl (C=O) groups excluding carboxylic acids is 4. The maximum Gasteiger partial charge on any atom is 0.254 e. The lowest BCUT2D eigenvalue weighted by Crippen LogP contribution is -2.31. The van der Waals surface area contributed by atoms with E-state index in [0.29, 0.717) is 96.2 Å². The monoisotopic (exact) mass is 976 g/mol. The van der Waals surface area contributed by atoms with Gasteiger partial charge in [0.25, 0.3) is 11.8 Å². The van der Waals surface area contributed by atoms with Gasteiger partial charge in [-0.3, -0.25) is 51.2 Å². The number of nitrogens with zero attached hydrogens (tertiary/aromatic N) is 4. The summed E-state index contributed by atoms with van der Waals surface area (Å²) in [5, 5.41) is 50.2. The molecule has 0 heterocycles. The fourth-order valence-corrected chi connectivity index (χ4v) is 6.87. The third-order valence-electron chi connectivity index (χ3n) is 10.8. The van der Waals surface area contributed by atoms with Gasteiger partial charge in [-0.05, 0) is 149 Å². The zero-order valence-electron chi connectivity index (χ0n) is 40.7. The van der Waals surface area contributed by atoms with Crippen molar-refractivity contribution in [3.05, 3.63) is 166 Å². The highest BCUT2D eigenvalue weighted by Crippen LogP contribution is 2.33. The minimum absolute atomic E-state index is 0.0929. The van der Waals surface area contributed by atoms with Crippen LogP contribution in [-0.2, 0) is 9.59 Å². The molecule has 0 bridgehead atoms. The molecule has 0 saturated carbocycles. The minimum Gasteiger partial charge on any atom is -0.458 e. The number of nitrogens with one attached hydrogen (secondary N) is 4. The van der Waals surface area contributed by atoms with Crippen LogP contribution in [0, 0.1) is 21.6 Å². The highest BCUT2D eigenvalue weighted by molar-refractivity contribution is 6.05. The van der Waals surface area contributed by atoms with Crippen molar-refractivity contribution in [2.45, 2.75) is 54.4 Å². The van der Waals surface area contributed by atoms with E-state index >= 15 is 0 Å². The van der Waals surface area contributed by atoms with Crippen LogP contribution in [0.4, 0.5) is 0 Å². The summed E-state index contributed by atoms with van der Waals surface area (Å²) in [4.78, 5) is 52.2. The molecule has 4 aromatic carbocycles. The van der Waals surface area contributed by atoms with Crippen LogP contribution in [0.5, 0.6) is 34.5 Å². The van der Waals surface area contributed by atoms with Gasteiger partial charge in [0.2, 0.25) is 11.8 Å². The highest BCUT2D eigenvalue weighted by Gasteiger charge is 2.20. The van der Waals surface area contributed by atoms with Crippen LogP contribution in [0.3, 0.4) is 0 Å². The Morgan fingerprint density at radius 1 is 0.486 bits per heavy atom. The first-order valence-electron chi connectivity index (χ1n) is 22.8. The molecule has 0 unspecified atom stereocenters. The van der Waals surface area contributed by atoms with Crippen LogP contribution in [0.15, 0.2) is 144 Å². The Kier molecular flexibility index (Phi) is 19.2. The third-order valence-corrected chi connectivity index (χ3v) is 10.8. The second-order valence-corrected chi connectivity index (χ2v) is 15.7. The van der Waals surface area contributed by atoms with Gasteiger partial charge in [-0.2, -0.15) is 10.1 Å². The summed E-state index contributed by atoms with van der Waals surface area (Å²) >= 11 is 0. The standard InChI is InChI=1S/C29H31N5O7.C25H25N3O3/c1-5-32(6-2)29(37)22-15-25(40-23-11-7-20(8-12-23)27(30)33(38)18(3)35)17-26(16-22)41-24-13-9-21(10-14-24)28(31)34(39)19(4)36;1-3-28(4-2)25(29)20-13-23(30-21-9-5-18(16-26)6-10-21)15-24(14-20)31-22-11-7-19(17-27)8-12-22/h7-17,30-31,38-39H,5-6H2,1-4H3;5,7,9-15,26-27H,3-4,6,8H2,1-2H3. The Morgan fingerprint density at radius 2 is 0.806 bits per heavy atom. The summed E-state index contributed by atoms with van der Waals surface area (Å²) in [7, 11) is 0. The number of benzene rings is 4. The molecule has 6 rings (SSSR count). The smallest absolute Gasteiger partial charge is 0.254 e. The van der Waals surface area contributed by atoms with E-state index in [2.05, 4.69) is 11.7 Å². The van der Waals surface area contributed by atoms with Crippen molar-refractivity contribution >= 4 is 47.0 Å². The maximum absolute atomic E-state index is 13.1. The first-order valence-corrected chi connectivity index (χ1v) is 22.8. The van der Waals surface area contributed by atoms with Gasteiger partial charge in [0, 0.05) is 98.4 Å². The first-order chi connectivity index (χ1) is 34.5. The zero-order chi connectivity index (χ0) is 52.5. The number of ether oxygens (including phenoxy) is 4. The Hall–Kier alpha value is -8.92. The summed E-state index contributed by atoms with van der Waals surface area (Å²) < 4.78 is 23.9. The predicted octanol–water partition coefficient (Wildman–Crippen LogP) is 9.84. The van der Waals surface area contributed by atoms with Crippen LogP contribution >= 0.6 is 0 Å². The second-order valence-electron chi connectivity index (χ2n) is 15.7. The molecular weight excluding hydrogens is 921 g/mol. The van der Waals surface area contributed by atoms with E-state index in [1.165, 1.54) is 24.3 Å². The van der Waals surface area contributed by atoms with E-state index in [0.717, 1.165) is 25.0 Å². The quantitative estimate of drug-likeness (QED) is 0.0268. The SMILES string of the molecule is CCN(CC)C(=O)c1cc(OC2=CCC(=C=N)C=C2)cc(OC2=CCC(=C=N)C=C2)c1.CCN(CC)C(=O)c1cc(Oc2ccc(C(=N)N(O)C(C)=O)cc2)cc(Oc2ccc(C(=N)N(O)C(C)=O)cc2)c1. The van der Waals surface area contributed by atoms with E-state index in [9.17, 15) is 29.6 Å². The molecule has 0 fully saturated rings. The van der Waals surface area contributed by atoms with Gasteiger partial charge in [0.1, 0.15) is 46.0 Å². The van der Waals surface area contributed by atoms with Gasteiger partial charge < -0.3 is 28.7 Å². The molecule has 2 aliphatic rings. The Morgan fingerprint density at radius 3 is 1.07 bits per heavy atom. The van der Waals surface area contributed by atoms with Crippen LogP contribution < -0.4 is 18.9 Å². The molecule has 0 radical (unpaired) electrons. The molecule has 0 atom stereocenters. The molecular formula is C54H56N8O10. The number of hydrogen-bond acceptors (Lipinski definition) is 14. The van der Waals surface area contributed by atoms with Crippen molar-refractivity contribution in [3.8, 4) is 34.5 Å². The average molecular weight is 977 g/mol. The zero-order valence-corrected chi connectivity index (χ0v) is 40.7. The normalized spacial score (nSPS) is 12.3. The number of hydrogen-bond donors (Lipinski definition) is 6. The molecule has 372 valence electrons. The van der Waals surface area contributed by atoms with E-state index in [1.807, 2.05) is 39.8 Å². The Labute approximate surface area is 417 Å². The van der Waals surface area contributed by atoms with Gasteiger partial charge >= 0.3 is 0 Å². The molecule has 18 nitrogen and oxygen atoms in total. The predicted molar refractivity (Wildman–Crippen MR) is 270 cm³/mol. The average Bonchev–Trinajstić information content (AvgIpc) is 3.39. The topological polar surface area (TPSA) is 254 Å². The van der Waals surface area contributed by atoms with E-state index in [-0.39, 0.29) is 44.7 Å². The van der Waals surface area contributed by atoms with Gasteiger partial charge in [0.15, 0.2) is 11.7 Å². The molecule has 0 aliphatic heterocycles. The lowest BCUT2D eigenvalue weighted by Gasteiger charge is -2.20. The van der Waals surface area contributed by atoms with Crippen molar-refractivity contribution in [2.75, 3.05) is 26.2 Å². The fourth-order valence-electron chi connectivity index (χ4n) is 6.87. The lowest BCUT2D eigenvalue weighted by molar-refractivity contribution is -0.147. The number of amides is 4. The Balaban J connectivity index is 0.000000278. The molecule has 72 heavy (non-hydrogen) atoms. The van der Waals surface area contributed by atoms with Crippen LogP contribution in [0.25, 0.3) is 0 Å². The number of allylic oxidation sites excluding steroid dienone is 8. The van der Waals surface area contributed by atoms with Crippen molar-refractivity contribution in [1.82, 2.24) is 19.9 Å². The first kappa shape index (κ1) is 54.0. The van der Waals surface area contributed by atoms with Crippen molar-refractivity contribution in [2.24, 2.45) is 0 Å². The molecule has 4 aromatic rings. The molecule has 0 spiro atoms. The molecule has 0 saturated heterocycles. The van der Waals surface area contributed by atoms with Crippen molar-refractivity contribution < 1.29 is 48.5 Å². The number of rotatable bonds is 16. The summed E-state index contributed by atoms with van der Waals surface area (Å²) in [6.45, 7) is 12.1. The van der Waals surface area contributed by atoms with E-state index in [1.54, 1.807) is 94.8 Å². The minimum atomic E-state index is -0.697. The molecule has 0 aromatic heterocycles. The summed E-state index contributed by atoms with van der Waals surface area (Å²) in [6, 6.07) is 22.1. The molecule has 18 heteroatoms. The van der Waals surface area contributed by atoms with Crippen LogP contribution in [-0.4, -0.2) is 104 Å². The summed E-state index contributed by atoms with van der Waals surface area (Å²) in [6.07, 6.45) is 12.0. The second kappa shape index (κ2) is 25.6. The van der Waals surface area contributed by atoms with Gasteiger partial charge in [-0.15, -0.1) is 0 Å². The Bertz CT molecular complexity index is 2770. The molecule has 2 aliphatic carbocycles. The van der Waals surface area contributed by atoms with Crippen molar-refractivity contribution in [3.63, 3.8) is 0 Å². The molecule has 6 N–H and O–H groups in total. The van der Waals surface area contributed by atoms with Crippen LogP contribution in [0.2, 0.25) is 0 Å². The highest BCUT2D eigenvalue weighted by atomic mass is 16.5. The summed E-state index contributed by atoms with van der Waals surface area (Å²) in [5.74, 6) is 5.85. The van der Waals surface area contributed by atoms with Crippen LogP contribution in [0.1, 0.15) is 86.2 Å². The number of amidine groups is 2. The van der Waals surface area contributed by atoms with Gasteiger partial charge in [-0.25, -0.2) is 0 Å². The van der Waals surface area contributed by atoms with Crippen molar-refractivity contribution in [1.29, 1.82) is 21.6 Å². The largest absolute Gasteiger partial charge is 0.458 e. The summed E-state index contributed by atoms with van der Waals surface area (Å²) in [5.41, 5.74) is 2.93. The van der Waals surface area contributed by atoms with Gasteiger partial charge in [-0.1, -0.05) is 0 Å². The van der Waals surface area contributed by atoms with E-state index < -0.39 is 11.8 Å². The third kappa shape index (κ3) is 14.6. The number of carbonyl (C=O) groups is 4. The lowest BCUT2D eigenvalue weighted by atomic mass is 10.1.